The Labute approximate surface area is 107 Å². The van der Waals surface area contributed by atoms with Crippen LogP contribution in [0.4, 0.5) is 0 Å². The quantitative estimate of drug-likeness (QED) is 0.577. The summed E-state index contributed by atoms with van der Waals surface area (Å²) in [4.78, 5) is 12.6. The molecular formula is C13H19NO2S. The number of unbranched alkanes of at least 4 members (excludes halogenated alkanes) is 1. The highest BCUT2D eigenvalue weighted by atomic mass is 32.2. The monoisotopic (exact) mass is 253 g/mol. The predicted octanol–water partition coefficient (Wildman–Crippen LogP) is 1.98. The van der Waals surface area contributed by atoms with Crippen LogP contribution in [-0.4, -0.2) is 29.9 Å². The summed E-state index contributed by atoms with van der Waals surface area (Å²) >= 11 is 1.54. The number of amides is 1. The summed E-state index contributed by atoms with van der Waals surface area (Å²) in [6.07, 6.45) is 1.57. The van der Waals surface area contributed by atoms with Crippen molar-refractivity contribution in [1.82, 2.24) is 5.32 Å². The van der Waals surface area contributed by atoms with E-state index in [1.807, 2.05) is 31.2 Å². The van der Waals surface area contributed by atoms with E-state index in [1.165, 1.54) is 17.3 Å². The normalized spacial score (nSPS) is 10.2. The number of carbonyl (C=O) groups is 1. The highest BCUT2D eigenvalue weighted by Crippen LogP contribution is 2.17. The summed E-state index contributed by atoms with van der Waals surface area (Å²) in [5.74, 6) is 0.496. The van der Waals surface area contributed by atoms with E-state index >= 15 is 0 Å². The number of hydrogen-bond acceptors (Lipinski definition) is 3. The average molecular weight is 253 g/mol. The van der Waals surface area contributed by atoms with Gasteiger partial charge in [-0.05, 0) is 31.9 Å². The second-order valence-electron chi connectivity index (χ2n) is 3.88. The number of carbonyl (C=O) groups excluding carboxylic acids is 1. The zero-order valence-electron chi connectivity index (χ0n) is 10.1. The van der Waals surface area contributed by atoms with Gasteiger partial charge in [0.1, 0.15) is 0 Å². The minimum Gasteiger partial charge on any atom is -0.396 e. The van der Waals surface area contributed by atoms with Gasteiger partial charge in [-0.3, -0.25) is 4.79 Å². The van der Waals surface area contributed by atoms with Gasteiger partial charge < -0.3 is 10.4 Å². The van der Waals surface area contributed by atoms with Crippen LogP contribution in [0.2, 0.25) is 0 Å². The molecule has 17 heavy (non-hydrogen) atoms. The van der Waals surface area contributed by atoms with Gasteiger partial charge in [-0.25, -0.2) is 0 Å². The first kappa shape index (κ1) is 14.1. The third-order valence-electron chi connectivity index (χ3n) is 2.30. The number of nitrogens with one attached hydrogen (secondary N) is 1. The number of rotatable bonds is 7. The van der Waals surface area contributed by atoms with Crippen LogP contribution in [0.3, 0.4) is 0 Å². The Kier molecular flexibility index (Phi) is 6.74. The standard InChI is InChI=1S/C13H19NO2S/c1-11-4-6-12(7-5-11)17-10-13(16)14-8-2-3-9-15/h4-7,15H,2-3,8-10H2,1H3,(H,14,16). The molecule has 0 saturated carbocycles. The fourth-order valence-corrected chi connectivity index (χ4v) is 2.03. The lowest BCUT2D eigenvalue weighted by atomic mass is 10.2. The number of aryl methyl sites for hydroxylation is 1. The molecule has 0 aliphatic heterocycles. The van der Waals surface area contributed by atoms with Gasteiger partial charge in [0.25, 0.3) is 0 Å². The first-order chi connectivity index (χ1) is 8.22. The van der Waals surface area contributed by atoms with Gasteiger partial charge >= 0.3 is 0 Å². The minimum atomic E-state index is 0.0496. The Bertz CT molecular complexity index is 338. The van der Waals surface area contributed by atoms with Crippen LogP contribution in [-0.2, 0) is 4.79 Å². The SMILES string of the molecule is Cc1ccc(SCC(=O)NCCCCO)cc1. The first-order valence-corrected chi connectivity index (χ1v) is 6.78. The van der Waals surface area contributed by atoms with Crippen LogP contribution >= 0.6 is 11.8 Å². The van der Waals surface area contributed by atoms with Gasteiger partial charge in [-0.2, -0.15) is 0 Å². The van der Waals surface area contributed by atoms with Crippen molar-refractivity contribution in [2.45, 2.75) is 24.7 Å². The van der Waals surface area contributed by atoms with E-state index in [1.54, 1.807) is 0 Å². The molecule has 94 valence electrons. The van der Waals surface area contributed by atoms with Gasteiger partial charge in [-0.15, -0.1) is 11.8 Å². The number of thioether (sulfide) groups is 1. The molecule has 0 unspecified atom stereocenters. The van der Waals surface area contributed by atoms with E-state index in [-0.39, 0.29) is 12.5 Å². The van der Waals surface area contributed by atoms with Crippen LogP contribution in [0.25, 0.3) is 0 Å². The maximum absolute atomic E-state index is 11.5. The van der Waals surface area contributed by atoms with Crippen LogP contribution in [0.15, 0.2) is 29.2 Å². The summed E-state index contributed by atoms with van der Waals surface area (Å²) in [5, 5.41) is 11.4. The topological polar surface area (TPSA) is 49.3 Å². The van der Waals surface area contributed by atoms with Gasteiger partial charge in [0, 0.05) is 18.0 Å². The molecule has 0 radical (unpaired) electrons. The lowest BCUT2D eigenvalue weighted by Gasteiger charge is -2.04. The molecule has 1 aromatic rings. The van der Waals surface area contributed by atoms with Crippen molar-refractivity contribution in [2.75, 3.05) is 18.9 Å². The largest absolute Gasteiger partial charge is 0.396 e. The molecule has 0 aromatic heterocycles. The van der Waals surface area contributed by atoms with Crippen LogP contribution < -0.4 is 5.32 Å². The molecule has 4 heteroatoms. The number of aliphatic hydroxyl groups excluding tert-OH is 1. The second-order valence-corrected chi connectivity index (χ2v) is 4.93. The van der Waals surface area contributed by atoms with E-state index in [2.05, 4.69) is 5.32 Å². The lowest BCUT2D eigenvalue weighted by Crippen LogP contribution is -2.26. The molecular weight excluding hydrogens is 234 g/mol. The third-order valence-corrected chi connectivity index (χ3v) is 3.31. The summed E-state index contributed by atoms with van der Waals surface area (Å²) in [6, 6.07) is 8.14. The van der Waals surface area contributed by atoms with E-state index in [0.717, 1.165) is 17.7 Å². The van der Waals surface area contributed by atoms with E-state index in [4.69, 9.17) is 5.11 Å². The molecule has 0 bridgehead atoms. The molecule has 0 atom stereocenters. The van der Waals surface area contributed by atoms with Crippen molar-refractivity contribution in [3.63, 3.8) is 0 Å². The highest BCUT2D eigenvalue weighted by molar-refractivity contribution is 8.00. The van der Waals surface area contributed by atoms with E-state index in [9.17, 15) is 4.79 Å². The molecule has 0 spiro atoms. The number of aliphatic hydroxyl groups is 1. The number of hydrogen-bond donors (Lipinski definition) is 2. The molecule has 0 fully saturated rings. The zero-order chi connectivity index (χ0) is 12.5. The van der Waals surface area contributed by atoms with Crippen molar-refractivity contribution in [2.24, 2.45) is 0 Å². The molecule has 2 N–H and O–H groups in total. The Morgan fingerprint density at radius 1 is 1.29 bits per heavy atom. The van der Waals surface area contributed by atoms with Crippen molar-refractivity contribution in [3.05, 3.63) is 29.8 Å². The van der Waals surface area contributed by atoms with Crippen molar-refractivity contribution in [3.8, 4) is 0 Å². The Morgan fingerprint density at radius 3 is 2.65 bits per heavy atom. The fourth-order valence-electron chi connectivity index (χ4n) is 1.30. The maximum atomic E-state index is 11.5. The van der Waals surface area contributed by atoms with Crippen molar-refractivity contribution < 1.29 is 9.90 Å². The van der Waals surface area contributed by atoms with Crippen molar-refractivity contribution in [1.29, 1.82) is 0 Å². The Morgan fingerprint density at radius 2 is 2.00 bits per heavy atom. The smallest absolute Gasteiger partial charge is 0.230 e. The molecule has 0 aliphatic rings. The fraction of sp³-hybridized carbons (Fsp3) is 0.462. The lowest BCUT2D eigenvalue weighted by molar-refractivity contribution is -0.118. The molecule has 0 heterocycles. The van der Waals surface area contributed by atoms with Crippen LogP contribution in [0, 0.1) is 6.92 Å². The summed E-state index contributed by atoms with van der Waals surface area (Å²) in [5.41, 5.74) is 1.22. The highest BCUT2D eigenvalue weighted by Gasteiger charge is 2.01. The molecule has 1 amide bonds. The van der Waals surface area contributed by atoms with E-state index in [0.29, 0.717) is 12.3 Å². The summed E-state index contributed by atoms with van der Waals surface area (Å²) in [6.45, 7) is 2.88. The Hall–Kier alpha value is -1.00. The van der Waals surface area contributed by atoms with Crippen LogP contribution in [0.5, 0.6) is 0 Å². The van der Waals surface area contributed by atoms with Crippen LogP contribution in [0.1, 0.15) is 18.4 Å². The summed E-state index contributed by atoms with van der Waals surface area (Å²) in [7, 11) is 0. The molecule has 0 aliphatic carbocycles. The molecule has 1 aromatic carbocycles. The maximum Gasteiger partial charge on any atom is 0.230 e. The van der Waals surface area contributed by atoms with Gasteiger partial charge in [0.05, 0.1) is 5.75 Å². The molecule has 0 saturated heterocycles. The summed E-state index contributed by atoms with van der Waals surface area (Å²) < 4.78 is 0. The average Bonchev–Trinajstić information content (AvgIpc) is 2.34. The predicted molar refractivity (Wildman–Crippen MR) is 71.2 cm³/mol. The van der Waals surface area contributed by atoms with Crippen molar-refractivity contribution >= 4 is 17.7 Å². The minimum absolute atomic E-state index is 0.0496. The third kappa shape index (κ3) is 6.34. The number of benzene rings is 1. The molecule has 1 rings (SSSR count). The van der Waals surface area contributed by atoms with E-state index < -0.39 is 0 Å². The van der Waals surface area contributed by atoms with Gasteiger partial charge in [-0.1, -0.05) is 17.7 Å². The van der Waals surface area contributed by atoms with Gasteiger partial charge in [0.15, 0.2) is 0 Å². The zero-order valence-corrected chi connectivity index (χ0v) is 10.9. The molecule has 3 nitrogen and oxygen atoms in total. The Balaban J connectivity index is 2.17. The first-order valence-electron chi connectivity index (χ1n) is 5.79. The van der Waals surface area contributed by atoms with Gasteiger partial charge in [0.2, 0.25) is 5.91 Å². The second kappa shape index (κ2) is 8.14.